The van der Waals surface area contributed by atoms with Crippen molar-refractivity contribution in [1.82, 2.24) is 9.97 Å². The minimum absolute atomic E-state index is 0.270. The zero-order valence-corrected chi connectivity index (χ0v) is 12.9. The first-order valence-corrected chi connectivity index (χ1v) is 6.48. The normalized spacial score (nSPS) is 10.2. The van der Waals surface area contributed by atoms with E-state index in [0.717, 1.165) is 5.56 Å². The summed E-state index contributed by atoms with van der Waals surface area (Å²) in [6.45, 7) is 0. The molecule has 2 rings (SSSR count). The third-order valence-electron chi connectivity index (χ3n) is 2.78. The molecule has 7 heteroatoms. The second-order valence-corrected chi connectivity index (χ2v) is 4.60. The Kier molecular flexibility index (Phi) is 4.29. The van der Waals surface area contributed by atoms with Gasteiger partial charge in [-0.1, -0.05) is 0 Å². The molecule has 0 radical (unpaired) electrons. The molecule has 0 aliphatic carbocycles. The molecular formula is C13H14BrN3O3. The van der Waals surface area contributed by atoms with Gasteiger partial charge in [-0.05, 0) is 28.1 Å². The van der Waals surface area contributed by atoms with Crippen LogP contribution in [0.25, 0.3) is 11.3 Å². The topological polar surface area (TPSA) is 79.5 Å². The molecule has 0 aliphatic heterocycles. The molecule has 0 saturated carbocycles. The van der Waals surface area contributed by atoms with Crippen LogP contribution >= 0.6 is 15.9 Å². The number of hydrogen-bond acceptors (Lipinski definition) is 6. The molecule has 0 bridgehead atoms. The van der Waals surface area contributed by atoms with Crippen LogP contribution in [0.2, 0.25) is 0 Å². The van der Waals surface area contributed by atoms with Gasteiger partial charge in [-0.25, -0.2) is 9.97 Å². The maximum Gasteiger partial charge on any atom is 0.187 e. The zero-order valence-electron chi connectivity index (χ0n) is 11.3. The van der Waals surface area contributed by atoms with Crippen LogP contribution in [-0.2, 0) is 0 Å². The number of nitrogens with zero attached hydrogens (tertiary/aromatic N) is 2. The Bertz CT molecular complexity index is 634. The third-order valence-corrected chi connectivity index (χ3v) is 3.53. The van der Waals surface area contributed by atoms with Gasteiger partial charge in [0.15, 0.2) is 11.6 Å². The number of rotatable bonds is 4. The van der Waals surface area contributed by atoms with Gasteiger partial charge in [0.05, 0.1) is 21.3 Å². The highest BCUT2D eigenvalue weighted by molar-refractivity contribution is 9.10. The van der Waals surface area contributed by atoms with Gasteiger partial charge in [0, 0.05) is 5.56 Å². The average Bonchev–Trinajstić information content (AvgIpc) is 2.46. The molecular weight excluding hydrogens is 326 g/mol. The van der Waals surface area contributed by atoms with Gasteiger partial charge in [0.25, 0.3) is 0 Å². The van der Waals surface area contributed by atoms with E-state index in [2.05, 4.69) is 25.9 Å². The average molecular weight is 340 g/mol. The molecule has 1 heterocycles. The Labute approximate surface area is 125 Å². The number of anilines is 1. The second-order valence-electron chi connectivity index (χ2n) is 3.80. The van der Waals surface area contributed by atoms with Gasteiger partial charge in [-0.2, -0.15) is 0 Å². The summed E-state index contributed by atoms with van der Waals surface area (Å²) in [5, 5.41) is 0. The zero-order chi connectivity index (χ0) is 14.7. The predicted molar refractivity (Wildman–Crippen MR) is 79.2 cm³/mol. The van der Waals surface area contributed by atoms with Crippen molar-refractivity contribution in [3.8, 4) is 28.5 Å². The minimum atomic E-state index is 0.270. The number of halogens is 1. The van der Waals surface area contributed by atoms with Crippen LogP contribution in [0.15, 0.2) is 22.9 Å². The van der Waals surface area contributed by atoms with Crippen molar-refractivity contribution < 1.29 is 14.2 Å². The van der Waals surface area contributed by atoms with E-state index in [1.807, 2.05) is 6.07 Å². The van der Waals surface area contributed by atoms with Gasteiger partial charge < -0.3 is 19.9 Å². The Morgan fingerprint density at radius 2 is 1.70 bits per heavy atom. The summed E-state index contributed by atoms with van der Waals surface area (Å²) < 4.78 is 16.6. The molecule has 2 aromatic rings. The van der Waals surface area contributed by atoms with E-state index >= 15 is 0 Å². The molecule has 0 atom stereocenters. The smallest absolute Gasteiger partial charge is 0.187 e. The summed E-state index contributed by atoms with van der Waals surface area (Å²) in [4.78, 5) is 8.14. The van der Waals surface area contributed by atoms with E-state index < -0.39 is 0 Å². The van der Waals surface area contributed by atoms with Crippen LogP contribution in [-0.4, -0.2) is 31.3 Å². The van der Waals surface area contributed by atoms with Crippen LogP contribution in [0.5, 0.6) is 17.2 Å². The molecule has 6 nitrogen and oxygen atoms in total. The Hall–Kier alpha value is -2.02. The van der Waals surface area contributed by atoms with Crippen molar-refractivity contribution in [1.29, 1.82) is 0 Å². The van der Waals surface area contributed by atoms with Gasteiger partial charge >= 0.3 is 0 Å². The van der Waals surface area contributed by atoms with Crippen LogP contribution in [0.4, 0.5) is 5.82 Å². The fourth-order valence-electron chi connectivity index (χ4n) is 1.86. The lowest BCUT2D eigenvalue weighted by Crippen LogP contribution is -2.01. The predicted octanol–water partition coefficient (Wildman–Crippen LogP) is 2.51. The number of aromatic nitrogens is 2. The first-order chi connectivity index (χ1) is 9.63. The lowest BCUT2D eigenvalue weighted by molar-refractivity contribution is 0.389. The van der Waals surface area contributed by atoms with Gasteiger partial charge in [-0.15, -0.1) is 0 Å². The van der Waals surface area contributed by atoms with Gasteiger partial charge in [0.1, 0.15) is 28.0 Å². The fraction of sp³-hybridized carbons (Fsp3) is 0.231. The Morgan fingerprint density at radius 1 is 1.00 bits per heavy atom. The highest BCUT2D eigenvalue weighted by Crippen LogP contribution is 2.44. The number of benzene rings is 1. The van der Waals surface area contributed by atoms with Crippen molar-refractivity contribution in [2.24, 2.45) is 0 Å². The fourth-order valence-corrected chi connectivity index (χ4v) is 2.53. The summed E-state index contributed by atoms with van der Waals surface area (Å²) in [7, 11) is 4.67. The van der Waals surface area contributed by atoms with Crippen molar-refractivity contribution in [3.05, 3.63) is 22.9 Å². The highest BCUT2D eigenvalue weighted by atomic mass is 79.9. The number of nitrogens with two attached hydrogens (primary N) is 1. The molecule has 0 saturated heterocycles. The van der Waals surface area contributed by atoms with Crippen molar-refractivity contribution >= 4 is 21.7 Å². The first-order valence-electron chi connectivity index (χ1n) is 5.69. The SMILES string of the molecule is COc1ccc(-c2ncnc(N)c2OC)c(OC)c1Br. The highest BCUT2D eigenvalue weighted by Gasteiger charge is 2.19. The molecule has 0 unspecified atom stereocenters. The van der Waals surface area contributed by atoms with Gasteiger partial charge in [0.2, 0.25) is 0 Å². The number of hydrogen-bond donors (Lipinski definition) is 1. The molecule has 2 N–H and O–H groups in total. The largest absolute Gasteiger partial charge is 0.495 e. The summed E-state index contributed by atoms with van der Waals surface area (Å²) in [6, 6.07) is 3.63. The van der Waals surface area contributed by atoms with Gasteiger partial charge in [-0.3, -0.25) is 0 Å². The molecule has 0 fully saturated rings. The molecule has 1 aromatic heterocycles. The van der Waals surface area contributed by atoms with E-state index in [4.69, 9.17) is 19.9 Å². The summed E-state index contributed by atoms with van der Waals surface area (Å²) >= 11 is 3.45. The Morgan fingerprint density at radius 3 is 2.30 bits per heavy atom. The standard InChI is InChI=1S/C13H14BrN3O3/c1-18-8-5-4-7(11(19-2)9(8)14)10-12(20-3)13(15)17-6-16-10/h4-6H,1-3H3,(H2,15,16,17). The van der Waals surface area contributed by atoms with E-state index in [9.17, 15) is 0 Å². The third kappa shape index (κ3) is 2.36. The van der Waals surface area contributed by atoms with Crippen LogP contribution < -0.4 is 19.9 Å². The molecule has 106 valence electrons. The lowest BCUT2D eigenvalue weighted by atomic mass is 10.1. The first kappa shape index (κ1) is 14.4. The molecule has 20 heavy (non-hydrogen) atoms. The van der Waals surface area contributed by atoms with Crippen molar-refractivity contribution in [2.75, 3.05) is 27.1 Å². The van der Waals surface area contributed by atoms with E-state index in [-0.39, 0.29) is 5.82 Å². The van der Waals surface area contributed by atoms with Crippen molar-refractivity contribution in [2.45, 2.75) is 0 Å². The minimum Gasteiger partial charge on any atom is -0.495 e. The summed E-state index contributed by atoms with van der Waals surface area (Å²) in [6.07, 6.45) is 1.38. The number of nitrogen functional groups attached to an aromatic ring is 1. The quantitative estimate of drug-likeness (QED) is 0.921. The maximum absolute atomic E-state index is 5.80. The lowest BCUT2D eigenvalue weighted by Gasteiger charge is -2.15. The monoisotopic (exact) mass is 339 g/mol. The molecule has 1 aromatic carbocycles. The van der Waals surface area contributed by atoms with E-state index in [0.29, 0.717) is 27.4 Å². The Balaban J connectivity index is 2.70. The molecule has 0 amide bonds. The van der Waals surface area contributed by atoms with Crippen LogP contribution in [0, 0.1) is 0 Å². The van der Waals surface area contributed by atoms with Crippen LogP contribution in [0.3, 0.4) is 0 Å². The second kappa shape index (κ2) is 5.96. The van der Waals surface area contributed by atoms with Crippen molar-refractivity contribution in [3.63, 3.8) is 0 Å². The number of ether oxygens (including phenoxy) is 3. The molecule has 0 spiro atoms. The maximum atomic E-state index is 5.80. The van der Waals surface area contributed by atoms with E-state index in [1.165, 1.54) is 13.4 Å². The van der Waals surface area contributed by atoms with E-state index in [1.54, 1.807) is 20.3 Å². The van der Waals surface area contributed by atoms with Crippen LogP contribution in [0.1, 0.15) is 0 Å². The number of methoxy groups -OCH3 is 3. The summed E-state index contributed by atoms with van der Waals surface area (Å²) in [5.41, 5.74) is 7.09. The molecule has 0 aliphatic rings. The summed E-state index contributed by atoms with van der Waals surface area (Å²) in [5.74, 6) is 1.92.